The fourth-order valence-electron chi connectivity index (χ4n) is 3.72. The number of ether oxygens (including phenoxy) is 2. The first-order chi connectivity index (χ1) is 9.64. The van der Waals surface area contributed by atoms with Gasteiger partial charge in [-0.25, -0.2) is 0 Å². The number of amides is 1. The minimum atomic E-state index is -0.382. The van der Waals surface area contributed by atoms with E-state index in [9.17, 15) is 4.79 Å². The van der Waals surface area contributed by atoms with Gasteiger partial charge in [0.1, 0.15) is 5.54 Å². The second-order valence-electron chi connectivity index (χ2n) is 5.78. The van der Waals surface area contributed by atoms with Crippen LogP contribution in [0.4, 0.5) is 0 Å². The van der Waals surface area contributed by atoms with Gasteiger partial charge in [-0.3, -0.25) is 9.69 Å². The van der Waals surface area contributed by atoms with Crippen molar-refractivity contribution in [3.05, 3.63) is 0 Å². The van der Waals surface area contributed by atoms with Crippen molar-refractivity contribution in [2.45, 2.75) is 50.0 Å². The second-order valence-corrected chi connectivity index (χ2v) is 5.78. The summed E-state index contributed by atoms with van der Waals surface area (Å²) in [6, 6.07) is 0.527. The summed E-state index contributed by atoms with van der Waals surface area (Å²) in [5.74, 6) is -0.147. The second kappa shape index (κ2) is 6.85. The maximum absolute atomic E-state index is 11.9. The smallest absolute Gasteiger partial charge is 0.237 e. The van der Waals surface area contributed by atoms with E-state index < -0.39 is 0 Å². The van der Waals surface area contributed by atoms with Gasteiger partial charge in [-0.2, -0.15) is 0 Å². The molecule has 2 saturated heterocycles. The Bertz CT molecular complexity index is 332. The highest BCUT2D eigenvalue weighted by molar-refractivity contribution is 5.85. The fraction of sp³-hybridized carbons (Fsp3) is 0.929. The average molecular weight is 285 g/mol. The van der Waals surface area contributed by atoms with Crippen molar-refractivity contribution in [1.29, 1.82) is 0 Å². The minimum Gasteiger partial charge on any atom is -0.368 e. The molecular weight excluding hydrogens is 258 g/mol. The summed E-state index contributed by atoms with van der Waals surface area (Å²) in [5, 5.41) is 3.32. The molecule has 0 aliphatic carbocycles. The molecule has 2 bridgehead atoms. The zero-order valence-corrected chi connectivity index (χ0v) is 12.6. The lowest BCUT2D eigenvalue weighted by molar-refractivity contribution is -0.131. The van der Waals surface area contributed by atoms with E-state index in [4.69, 9.17) is 15.2 Å². The Morgan fingerprint density at radius 2 is 2.15 bits per heavy atom. The zero-order valence-electron chi connectivity index (χ0n) is 12.6. The minimum absolute atomic E-state index is 0.147. The number of nitrogens with zero attached hydrogens (tertiary/aromatic N) is 1. The molecule has 2 rings (SSSR count). The van der Waals surface area contributed by atoms with Crippen LogP contribution < -0.4 is 11.1 Å². The predicted molar refractivity (Wildman–Crippen MR) is 76.2 cm³/mol. The molecule has 116 valence electrons. The van der Waals surface area contributed by atoms with Crippen molar-refractivity contribution < 1.29 is 14.3 Å². The summed E-state index contributed by atoms with van der Waals surface area (Å²) in [4.78, 5) is 14.2. The topological polar surface area (TPSA) is 76.8 Å². The number of rotatable bonds is 8. The summed E-state index contributed by atoms with van der Waals surface area (Å²) in [6.45, 7) is 2.32. The number of hydrogen-bond donors (Lipinski definition) is 2. The van der Waals surface area contributed by atoms with Crippen LogP contribution in [0.1, 0.15) is 32.1 Å². The quantitative estimate of drug-likeness (QED) is 0.487. The lowest BCUT2D eigenvalue weighted by Gasteiger charge is -2.42. The molecule has 0 unspecified atom stereocenters. The van der Waals surface area contributed by atoms with E-state index in [0.29, 0.717) is 12.6 Å². The Labute approximate surface area is 121 Å². The van der Waals surface area contributed by atoms with Crippen LogP contribution >= 0.6 is 0 Å². The van der Waals surface area contributed by atoms with Gasteiger partial charge in [-0.1, -0.05) is 0 Å². The predicted octanol–water partition coefficient (Wildman–Crippen LogP) is 0.0673. The average Bonchev–Trinajstić information content (AvgIpc) is 2.66. The standard InChI is InChI=1S/C14H27N3O3/c1-19-12(20-2)10-16-8-9-17-11-4-3-6-14(17,7-5-11)13(15)18/h11-12,16H,3-10H2,1-2H3,(H2,15,18)/t11-,14+/m1/s1. The van der Waals surface area contributed by atoms with Gasteiger partial charge in [-0.05, 0) is 32.1 Å². The number of fused-ring (bicyclic) bond motifs is 2. The van der Waals surface area contributed by atoms with Crippen molar-refractivity contribution in [2.75, 3.05) is 33.9 Å². The summed E-state index contributed by atoms with van der Waals surface area (Å²) < 4.78 is 10.3. The van der Waals surface area contributed by atoms with Gasteiger partial charge in [0.25, 0.3) is 0 Å². The highest BCUT2D eigenvalue weighted by atomic mass is 16.7. The fourth-order valence-corrected chi connectivity index (χ4v) is 3.72. The van der Waals surface area contributed by atoms with Gasteiger partial charge in [-0.15, -0.1) is 0 Å². The van der Waals surface area contributed by atoms with Gasteiger partial charge in [0.05, 0.1) is 0 Å². The van der Waals surface area contributed by atoms with Crippen LogP contribution in [-0.4, -0.2) is 62.5 Å². The Hall–Kier alpha value is -0.690. The highest BCUT2D eigenvalue weighted by Gasteiger charge is 2.52. The number of methoxy groups -OCH3 is 2. The molecule has 2 aliphatic heterocycles. The normalized spacial score (nSPS) is 30.1. The zero-order chi connectivity index (χ0) is 14.6. The summed E-state index contributed by atoms with van der Waals surface area (Å²) in [6.07, 6.45) is 5.02. The van der Waals surface area contributed by atoms with Crippen LogP contribution in [0, 0.1) is 0 Å². The maximum atomic E-state index is 11.9. The molecular formula is C14H27N3O3. The molecule has 0 radical (unpaired) electrons. The van der Waals surface area contributed by atoms with Gasteiger partial charge >= 0.3 is 0 Å². The Balaban J connectivity index is 1.84. The summed E-state index contributed by atoms with van der Waals surface area (Å²) in [5.41, 5.74) is 5.30. The van der Waals surface area contributed by atoms with Crippen molar-refractivity contribution in [3.63, 3.8) is 0 Å². The third-order valence-electron chi connectivity index (χ3n) is 4.83. The molecule has 20 heavy (non-hydrogen) atoms. The first-order valence-electron chi connectivity index (χ1n) is 7.47. The van der Waals surface area contributed by atoms with Gasteiger partial charge in [0, 0.05) is 39.9 Å². The molecule has 0 aromatic rings. The van der Waals surface area contributed by atoms with E-state index in [-0.39, 0.29) is 17.7 Å². The largest absolute Gasteiger partial charge is 0.368 e. The van der Waals surface area contributed by atoms with Gasteiger partial charge in [0.15, 0.2) is 6.29 Å². The number of piperidine rings is 1. The van der Waals surface area contributed by atoms with Crippen molar-refractivity contribution in [2.24, 2.45) is 5.73 Å². The third kappa shape index (κ3) is 2.98. The molecule has 0 spiro atoms. The van der Waals surface area contributed by atoms with Crippen LogP contribution in [0.3, 0.4) is 0 Å². The number of hydrogen-bond acceptors (Lipinski definition) is 5. The molecule has 2 heterocycles. The van der Waals surface area contributed by atoms with Crippen LogP contribution in [0.5, 0.6) is 0 Å². The maximum Gasteiger partial charge on any atom is 0.237 e. The van der Waals surface area contributed by atoms with E-state index >= 15 is 0 Å². The highest BCUT2D eigenvalue weighted by Crippen LogP contribution is 2.43. The molecule has 1 amide bonds. The molecule has 2 aliphatic rings. The molecule has 2 fully saturated rings. The molecule has 0 aromatic heterocycles. The number of nitrogens with two attached hydrogens (primary N) is 1. The third-order valence-corrected chi connectivity index (χ3v) is 4.83. The molecule has 3 N–H and O–H groups in total. The number of nitrogens with one attached hydrogen (secondary N) is 1. The van der Waals surface area contributed by atoms with E-state index in [1.807, 2.05) is 0 Å². The van der Waals surface area contributed by atoms with E-state index in [0.717, 1.165) is 38.8 Å². The van der Waals surface area contributed by atoms with Crippen molar-refractivity contribution >= 4 is 5.91 Å². The lowest BCUT2D eigenvalue weighted by Crippen LogP contribution is -2.59. The van der Waals surface area contributed by atoms with Crippen LogP contribution in [0.2, 0.25) is 0 Å². The summed E-state index contributed by atoms with van der Waals surface area (Å²) in [7, 11) is 3.26. The molecule has 0 aromatic carbocycles. The Kier molecular flexibility index (Phi) is 5.37. The SMILES string of the molecule is COC(CNCCN1[C@@H]2CCC[C@@]1(C(N)=O)CC2)OC. The molecule has 2 atom stereocenters. The van der Waals surface area contributed by atoms with Crippen LogP contribution in [0.25, 0.3) is 0 Å². The van der Waals surface area contributed by atoms with Gasteiger partial charge < -0.3 is 20.5 Å². The van der Waals surface area contributed by atoms with E-state index in [2.05, 4.69) is 10.2 Å². The Morgan fingerprint density at radius 1 is 1.40 bits per heavy atom. The monoisotopic (exact) mass is 285 g/mol. The number of carbonyl (C=O) groups is 1. The van der Waals surface area contributed by atoms with E-state index in [1.54, 1.807) is 14.2 Å². The van der Waals surface area contributed by atoms with Crippen molar-refractivity contribution in [1.82, 2.24) is 10.2 Å². The van der Waals surface area contributed by atoms with E-state index in [1.165, 1.54) is 6.42 Å². The summed E-state index contributed by atoms with van der Waals surface area (Å²) >= 11 is 0. The number of primary amides is 1. The lowest BCUT2D eigenvalue weighted by atomic mass is 9.87. The van der Waals surface area contributed by atoms with Crippen LogP contribution in [0.15, 0.2) is 0 Å². The first kappa shape index (κ1) is 15.7. The first-order valence-corrected chi connectivity index (χ1v) is 7.47. The molecule has 6 nitrogen and oxygen atoms in total. The van der Waals surface area contributed by atoms with Crippen LogP contribution in [-0.2, 0) is 14.3 Å². The van der Waals surface area contributed by atoms with Crippen molar-refractivity contribution in [3.8, 4) is 0 Å². The van der Waals surface area contributed by atoms with Gasteiger partial charge in [0.2, 0.25) is 5.91 Å². The molecule has 0 saturated carbocycles. The number of carbonyl (C=O) groups excluding carboxylic acids is 1. The molecule has 6 heteroatoms. The Morgan fingerprint density at radius 3 is 2.80 bits per heavy atom.